The van der Waals surface area contributed by atoms with Crippen LogP contribution in [-0.2, 0) is 22.2 Å². The first-order valence-corrected chi connectivity index (χ1v) is 11.0. The standard InChI is InChI=1S/C24H27N5O4/c1-13(15-9-20(30)25-11-15)32-22-21-18(26-12-28(21)4)10-17(27-22)14-6-7-16-19(8-14)29(5)23(31)33-24(16,2)3/h6-8,10,12-13,15H,9,11H2,1-5H3,(H,25,30)/t13-,15-/m1/s1. The Balaban J connectivity index is 1.57. The number of rotatable bonds is 4. The van der Waals surface area contributed by atoms with Crippen molar-refractivity contribution in [2.45, 2.75) is 38.9 Å². The van der Waals surface area contributed by atoms with Crippen molar-refractivity contribution < 1.29 is 19.1 Å². The smallest absolute Gasteiger partial charge is 0.414 e. The van der Waals surface area contributed by atoms with Gasteiger partial charge < -0.3 is 19.4 Å². The van der Waals surface area contributed by atoms with E-state index in [1.54, 1.807) is 13.4 Å². The largest absolute Gasteiger partial charge is 0.473 e. The number of fused-ring (bicyclic) bond motifs is 2. The molecule has 0 radical (unpaired) electrons. The van der Waals surface area contributed by atoms with Crippen LogP contribution >= 0.6 is 0 Å². The molecule has 2 aliphatic heterocycles. The van der Waals surface area contributed by atoms with Crippen LogP contribution in [0.4, 0.5) is 10.5 Å². The van der Waals surface area contributed by atoms with E-state index in [4.69, 9.17) is 14.5 Å². The number of imidazole rings is 1. The van der Waals surface area contributed by atoms with Crippen LogP contribution in [-0.4, -0.2) is 46.2 Å². The maximum Gasteiger partial charge on any atom is 0.414 e. The maximum absolute atomic E-state index is 12.3. The van der Waals surface area contributed by atoms with Gasteiger partial charge in [0.2, 0.25) is 11.8 Å². The molecule has 1 N–H and O–H groups in total. The van der Waals surface area contributed by atoms with Gasteiger partial charge in [0, 0.05) is 44.1 Å². The number of nitrogens with zero attached hydrogens (tertiary/aromatic N) is 4. The predicted molar refractivity (Wildman–Crippen MR) is 123 cm³/mol. The number of pyridine rings is 1. The van der Waals surface area contributed by atoms with Crippen LogP contribution in [0, 0.1) is 5.92 Å². The first-order chi connectivity index (χ1) is 15.6. The number of nitrogens with one attached hydrogen (secondary N) is 1. The average Bonchev–Trinajstić information content (AvgIpc) is 3.37. The number of carbonyl (C=O) groups excluding carboxylic acids is 2. The molecular weight excluding hydrogens is 422 g/mol. The summed E-state index contributed by atoms with van der Waals surface area (Å²) in [5.41, 5.74) is 4.08. The summed E-state index contributed by atoms with van der Waals surface area (Å²) in [4.78, 5) is 34.9. The minimum absolute atomic E-state index is 0.0440. The van der Waals surface area contributed by atoms with E-state index < -0.39 is 11.7 Å². The summed E-state index contributed by atoms with van der Waals surface area (Å²) in [5, 5.41) is 2.86. The summed E-state index contributed by atoms with van der Waals surface area (Å²) in [6.07, 6.45) is 1.58. The molecule has 2 aromatic heterocycles. The Labute approximate surface area is 191 Å². The Kier molecular flexibility index (Phi) is 4.81. The van der Waals surface area contributed by atoms with E-state index in [0.717, 1.165) is 27.8 Å². The van der Waals surface area contributed by atoms with Gasteiger partial charge in [-0.3, -0.25) is 9.69 Å². The number of hydrogen-bond donors (Lipinski definition) is 1. The number of aryl methyl sites for hydroxylation is 1. The zero-order valence-electron chi connectivity index (χ0n) is 19.4. The van der Waals surface area contributed by atoms with Gasteiger partial charge in [0.25, 0.3) is 0 Å². The average molecular weight is 450 g/mol. The third kappa shape index (κ3) is 3.57. The Morgan fingerprint density at radius 3 is 2.76 bits per heavy atom. The normalized spacial score (nSPS) is 20.4. The number of carbonyl (C=O) groups is 2. The van der Waals surface area contributed by atoms with Gasteiger partial charge in [-0.05, 0) is 32.9 Å². The lowest BCUT2D eigenvalue weighted by Crippen LogP contribution is -2.41. The number of anilines is 1. The number of aromatic nitrogens is 3. The highest BCUT2D eigenvalue weighted by atomic mass is 16.6. The summed E-state index contributed by atoms with van der Waals surface area (Å²) in [6.45, 7) is 6.31. The molecule has 1 aromatic carbocycles. The quantitative estimate of drug-likeness (QED) is 0.656. The van der Waals surface area contributed by atoms with Gasteiger partial charge in [-0.15, -0.1) is 0 Å². The van der Waals surface area contributed by atoms with Gasteiger partial charge in [0.15, 0.2) is 0 Å². The van der Waals surface area contributed by atoms with Gasteiger partial charge in [-0.25, -0.2) is 14.8 Å². The Morgan fingerprint density at radius 2 is 2.03 bits per heavy atom. The minimum atomic E-state index is -0.716. The van der Waals surface area contributed by atoms with Crippen molar-refractivity contribution in [3.63, 3.8) is 0 Å². The van der Waals surface area contributed by atoms with Crippen molar-refractivity contribution >= 4 is 28.7 Å². The van der Waals surface area contributed by atoms with E-state index in [2.05, 4.69) is 10.3 Å². The molecule has 4 heterocycles. The summed E-state index contributed by atoms with van der Waals surface area (Å²) in [5.74, 6) is 0.597. The molecule has 172 valence electrons. The van der Waals surface area contributed by atoms with Gasteiger partial charge >= 0.3 is 6.09 Å². The van der Waals surface area contributed by atoms with E-state index in [9.17, 15) is 9.59 Å². The molecule has 0 saturated carbocycles. The molecule has 2 amide bonds. The van der Waals surface area contributed by atoms with Crippen molar-refractivity contribution in [1.82, 2.24) is 19.9 Å². The van der Waals surface area contributed by atoms with Crippen LogP contribution in [0.25, 0.3) is 22.3 Å². The van der Waals surface area contributed by atoms with Crippen LogP contribution in [0.3, 0.4) is 0 Å². The first kappa shape index (κ1) is 21.2. The molecule has 3 aromatic rings. The lowest BCUT2D eigenvalue weighted by atomic mass is 9.92. The molecule has 0 aliphatic carbocycles. The number of amides is 2. The minimum Gasteiger partial charge on any atom is -0.473 e. The fraction of sp³-hybridized carbons (Fsp3) is 0.417. The monoisotopic (exact) mass is 449 g/mol. The van der Waals surface area contributed by atoms with Crippen molar-refractivity contribution in [3.8, 4) is 17.1 Å². The topological polar surface area (TPSA) is 98.6 Å². The van der Waals surface area contributed by atoms with Crippen molar-refractivity contribution in [1.29, 1.82) is 0 Å². The number of ether oxygens (including phenoxy) is 2. The highest BCUT2D eigenvalue weighted by Gasteiger charge is 2.37. The zero-order chi connectivity index (χ0) is 23.5. The van der Waals surface area contributed by atoms with Gasteiger partial charge in [-0.1, -0.05) is 12.1 Å². The second-order valence-electron chi connectivity index (χ2n) is 9.30. The van der Waals surface area contributed by atoms with Crippen molar-refractivity contribution in [3.05, 3.63) is 36.2 Å². The van der Waals surface area contributed by atoms with Crippen molar-refractivity contribution in [2.24, 2.45) is 13.0 Å². The summed E-state index contributed by atoms with van der Waals surface area (Å²) >= 11 is 0. The van der Waals surface area contributed by atoms with Crippen LogP contribution in [0.5, 0.6) is 5.88 Å². The molecule has 0 unspecified atom stereocenters. The van der Waals surface area contributed by atoms with Crippen LogP contribution in [0.1, 0.15) is 32.8 Å². The summed E-state index contributed by atoms with van der Waals surface area (Å²) < 4.78 is 13.7. The molecule has 1 fully saturated rings. The lowest BCUT2D eigenvalue weighted by molar-refractivity contribution is -0.119. The third-order valence-electron chi connectivity index (χ3n) is 6.55. The Morgan fingerprint density at radius 1 is 1.24 bits per heavy atom. The fourth-order valence-electron chi connectivity index (χ4n) is 4.52. The predicted octanol–water partition coefficient (Wildman–Crippen LogP) is 3.36. The van der Waals surface area contributed by atoms with E-state index in [-0.39, 0.29) is 17.9 Å². The van der Waals surface area contributed by atoms with E-state index in [1.807, 2.05) is 56.7 Å². The second-order valence-corrected chi connectivity index (χ2v) is 9.30. The molecule has 9 nitrogen and oxygen atoms in total. The second kappa shape index (κ2) is 7.47. The third-order valence-corrected chi connectivity index (χ3v) is 6.55. The number of benzene rings is 1. The number of cyclic esters (lactones) is 1. The van der Waals surface area contributed by atoms with E-state index >= 15 is 0 Å². The van der Waals surface area contributed by atoms with Gasteiger partial charge in [-0.2, -0.15) is 0 Å². The molecule has 2 atom stereocenters. The Hall–Kier alpha value is -3.62. The molecule has 33 heavy (non-hydrogen) atoms. The fourth-order valence-corrected chi connectivity index (χ4v) is 4.52. The van der Waals surface area contributed by atoms with Gasteiger partial charge in [0.05, 0.1) is 23.2 Å². The Bertz CT molecular complexity index is 1280. The molecule has 2 aliphatic rings. The zero-order valence-corrected chi connectivity index (χ0v) is 19.4. The van der Waals surface area contributed by atoms with E-state index in [0.29, 0.717) is 24.5 Å². The molecule has 0 bridgehead atoms. The molecule has 5 rings (SSSR count). The molecule has 9 heteroatoms. The molecule has 1 saturated heterocycles. The lowest BCUT2D eigenvalue weighted by Gasteiger charge is -2.37. The van der Waals surface area contributed by atoms with Crippen molar-refractivity contribution in [2.75, 3.05) is 18.5 Å². The van der Waals surface area contributed by atoms with Crippen LogP contribution in [0.2, 0.25) is 0 Å². The maximum atomic E-state index is 12.3. The molecular formula is C24H27N5O4. The SMILES string of the molecule is C[C@@H](Oc1nc(-c2ccc3c(c2)N(C)C(=O)OC3(C)C)cc2ncn(C)c12)[C@H]1CNC(=O)C1. The summed E-state index contributed by atoms with van der Waals surface area (Å²) in [7, 11) is 3.60. The number of hydrogen-bond acceptors (Lipinski definition) is 6. The highest BCUT2D eigenvalue weighted by Crippen LogP contribution is 2.40. The first-order valence-electron chi connectivity index (χ1n) is 11.0. The van der Waals surface area contributed by atoms with Crippen LogP contribution < -0.4 is 15.0 Å². The highest BCUT2D eigenvalue weighted by molar-refractivity contribution is 5.92. The van der Waals surface area contributed by atoms with Crippen LogP contribution in [0.15, 0.2) is 30.6 Å². The van der Waals surface area contributed by atoms with Gasteiger partial charge in [0.1, 0.15) is 17.2 Å². The molecule has 0 spiro atoms. The summed E-state index contributed by atoms with van der Waals surface area (Å²) in [6, 6.07) is 7.80. The van der Waals surface area contributed by atoms with E-state index in [1.165, 1.54) is 4.90 Å².